The Balaban J connectivity index is 1.48. The molecule has 2 N–H and O–H groups in total. The molecular weight excluding hydrogens is 423 g/mol. The van der Waals surface area contributed by atoms with Gasteiger partial charge in [-0.15, -0.1) is 11.3 Å². The van der Waals surface area contributed by atoms with Gasteiger partial charge in [-0.1, -0.05) is 12.1 Å². The molecular formula is C21H21FN4O4S. The topological polar surface area (TPSA) is 105 Å². The summed E-state index contributed by atoms with van der Waals surface area (Å²) in [7, 11) is 0. The van der Waals surface area contributed by atoms with Crippen molar-refractivity contribution in [3.8, 4) is 0 Å². The zero-order valence-electron chi connectivity index (χ0n) is 16.8. The number of halogens is 1. The van der Waals surface area contributed by atoms with E-state index in [-0.39, 0.29) is 42.9 Å². The van der Waals surface area contributed by atoms with Crippen molar-refractivity contribution in [1.29, 1.82) is 0 Å². The highest BCUT2D eigenvalue weighted by Crippen LogP contribution is 2.17. The zero-order chi connectivity index (χ0) is 22.2. The number of hydrogen-bond acceptors (Lipinski definition) is 6. The van der Waals surface area contributed by atoms with Gasteiger partial charge in [0.15, 0.2) is 10.9 Å². The van der Waals surface area contributed by atoms with Gasteiger partial charge in [0.05, 0.1) is 24.9 Å². The number of anilines is 1. The molecule has 0 fully saturated rings. The van der Waals surface area contributed by atoms with Crippen molar-refractivity contribution in [2.24, 2.45) is 0 Å². The van der Waals surface area contributed by atoms with E-state index < -0.39 is 5.91 Å². The summed E-state index contributed by atoms with van der Waals surface area (Å²) in [5.74, 6) is -1.18. The number of likely N-dealkylation sites (N-methyl/N-ethyl adjacent to an activating group) is 1. The minimum atomic E-state index is -0.426. The van der Waals surface area contributed by atoms with Gasteiger partial charge in [0.1, 0.15) is 5.82 Å². The van der Waals surface area contributed by atoms with Gasteiger partial charge in [0.25, 0.3) is 5.91 Å². The number of carbonyl (C=O) groups excluding carboxylic acids is 3. The Bertz CT molecular complexity index is 1030. The highest BCUT2D eigenvalue weighted by molar-refractivity contribution is 7.14. The van der Waals surface area contributed by atoms with Crippen molar-refractivity contribution in [1.82, 2.24) is 15.2 Å². The highest BCUT2D eigenvalue weighted by atomic mass is 32.1. The molecule has 0 unspecified atom stereocenters. The summed E-state index contributed by atoms with van der Waals surface area (Å²) in [6.45, 7) is 2.29. The summed E-state index contributed by atoms with van der Waals surface area (Å²) in [6, 6.07) is 8.96. The molecule has 0 aliphatic rings. The van der Waals surface area contributed by atoms with Crippen LogP contribution in [0.3, 0.4) is 0 Å². The molecule has 2 aromatic heterocycles. The van der Waals surface area contributed by atoms with E-state index in [1.54, 1.807) is 30.5 Å². The van der Waals surface area contributed by atoms with Crippen LogP contribution in [-0.2, 0) is 22.6 Å². The number of benzene rings is 1. The molecule has 0 spiro atoms. The molecule has 31 heavy (non-hydrogen) atoms. The lowest BCUT2D eigenvalue weighted by Gasteiger charge is -2.20. The fourth-order valence-electron chi connectivity index (χ4n) is 2.69. The Hall–Kier alpha value is -3.53. The molecule has 3 amide bonds. The van der Waals surface area contributed by atoms with E-state index in [0.29, 0.717) is 17.4 Å². The summed E-state index contributed by atoms with van der Waals surface area (Å²) in [6.07, 6.45) is 1.40. The first kappa shape index (κ1) is 22.2. The van der Waals surface area contributed by atoms with Crippen molar-refractivity contribution < 1.29 is 23.2 Å². The fourth-order valence-corrected chi connectivity index (χ4v) is 3.39. The van der Waals surface area contributed by atoms with E-state index in [9.17, 15) is 18.8 Å². The Labute approximate surface area is 182 Å². The normalized spacial score (nSPS) is 10.5. The van der Waals surface area contributed by atoms with E-state index in [2.05, 4.69) is 15.6 Å². The maximum Gasteiger partial charge on any atom is 0.293 e. The first-order valence-electron chi connectivity index (χ1n) is 9.52. The molecule has 1 aromatic carbocycles. The molecule has 10 heteroatoms. The quantitative estimate of drug-likeness (QED) is 0.528. The van der Waals surface area contributed by atoms with Gasteiger partial charge >= 0.3 is 0 Å². The van der Waals surface area contributed by atoms with Crippen LogP contribution in [0.4, 0.5) is 9.52 Å². The predicted molar refractivity (Wildman–Crippen MR) is 113 cm³/mol. The Morgan fingerprint density at radius 1 is 1.19 bits per heavy atom. The van der Waals surface area contributed by atoms with Crippen LogP contribution < -0.4 is 10.6 Å². The number of aromatic nitrogens is 1. The lowest BCUT2D eigenvalue weighted by molar-refractivity contribution is -0.135. The number of furan rings is 1. The largest absolute Gasteiger partial charge is 0.459 e. The third-order valence-electron chi connectivity index (χ3n) is 4.32. The molecule has 2 heterocycles. The number of carbonyl (C=O) groups is 3. The molecule has 0 saturated carbocycles. The van der Waals surface area contributed by atoms with Crippen molar-refractivity contribution in [3.63, 3.8) is 0 Å². The molecule has 162 valence electrons. The van der Waals surface area contributed by atoms with Gasteiger partial charge in [-0.25, -0.2) is 9.37 Å². The number of thiazole rings is 1. The van der Waals surface area contributed by atoms with Crippen molar-refractivity contribution in [2.45, 2.75) is 19.9 Å². The third-order valence-corrected chi connectivity index (χ3v) is 5.13. The van der Waals surface area contributed by atoms with E-state index in [1.807, 2.05) is 0 Å². The Morgan fingerprint density at radius 2 is 1.97 bits per heavy atom. The van der Waals surface area contributed by atoms with Crippen LogP contribution in [0.15, 0.2) is 52.5 Å². The molecule has 0 aliphatic heterocycles. The van der Waals surface area contributed by atoms with E-state index in [4.69, 9.17) is 4.42 Å². The lowest BCUT2D eigenvalue weighted by Crippen LogP contribution is -2.41. The van der Waals surface area contributed by atoms with Gasteiger partial charge in [-0.05, 0) is 36.8 Å². The standard InChI is InChI=1S/C21H21FN4O4S/c1-2-26(12-18(27)23-11-14-5-7-15(22)8-6-14)19(28)10-16-13-31-21(24-16)25-20(29)17-4-3-9-30-17/h3-9,13H,2,10-12H2,1H3,(H,23,27)(H,24,25,29). The van der Waals surface area contributed by atoms with Crippen molar-refractivity contribution in [3.05, 3.63) is 70.9 Å². The van der Waals surface area contributed by atoms with Crippen LogP contribution in [0.2, 0.25) is 0 Å². The second-order valence-electron chi connectivity index (χ2n) is 6.56. The van der Waals surface area contributed by atoms with Crippen LogP contribution in [0.5, 0.6) is 0 Å². The van der Waals surface area contributed by atoms with Gasteiger partial charge in [-0.3, -0.25) is 19.7 Å². The molecule has 3 aromatic rings. The lowest BCUT2D eigenvalue weighted by atomic mass is 10.2. The highest BCUT2D eigenvalue weighted by Gasteiger charge is 2.18. The van der Waals surface area contributed by atoms with E-state index in [1.165, 1.54) is 40.7 Å². The molecule has 3 rings (SSSR count). The number of nitrogens with zero attached hydrogens (tertiary/aromatic N) is 2. The summed E-state index contributed by atoms with van der Waals surface area (Å²) < 4.78 is 18.0. The molecule has 8 nitrogen and oxygen atoms in total. The summed E-state index contributed by atoms with van der Waals surface area (Å²) in [4.78, 5) is 42.4. The Kier molecular flexibility index (Phi) is 7.50. The monoisotopic (exact) mass is 444 g/mol. The first-order chi connectivity index (χ1) is 14.9. The maximum atomic E-state index is 12.9. The minimum absolute atomic E-state index is 0.00616. The molecule has 0 bridgehead atoms. The van der Waals surface area contributed by atoms with Crippen molar-refractivity contribution in [2.75, 3.05) is 18.4 Å². The minimum Gasteiger partial charge on any atom is -0.459 e. The summed E-state index contributed by atoms with van der Waals surface area (Å²) in [5, 5.41) is 7.36. The van der Waals surface area contributed by atoms with Crippen LogP contribution in [0.1, 0.15) is 28.7 Å². The van der Waals surface area contributed by atoms with Crippen LogP contribution >= 0.6 is 11.3 Å². The average Bonchev–Trinajstić information content (AvgIpc) is 3.44. The van der Waals surface area contributed by atoms with Crippen molar-refractivity contribution >= 4 is 34.2 Å². The number of hydrogen-bond donors (Lipinski definition) is 2. The maximum absolute atomic E-state index is 12.9. The summed E-state index contributed by atoms with van der Waals surface area (Å²) >= 11 is 1.20. The smallest absolute Gasteiger partial charge is 0.293 e. The van der Waals surface area contributed by atoms with Crippen LogP contribution in [0, 0.1) is 5.82 Å². The molecule has 0 radical (unpaired) electrons. The molecule has 0 aliphatic carbocycles. The summed E-state index contributed by atoms with van der Waals surface area (Å²) in [5.41, 5.74) is 1.26. The average molecular weight is 444 g/mol. The first-order valence-corrected chi connectivity index (χ1v) is 10.4. The second kappa shape index (κ2) is 10.5. The zero-order valence-corrected chi connectivity index (χ0v) is 17.6. The SMILES string of the molecule is CCN(CC(=O)NCc1ccc(F)cc1)C(=O)Cc1csc(NC(=O)c2ccco2)n1. The van der Waals surface area contributed by atoms with Gasteiger partial charge in [0, 0.05) is 18.5 Å². The van der Waals surface area contributed by atoms with Crippen LogP contribution in [-0.4, -0.2) is 40.7 Å². The number of rotatable bonds is 9. The fraction of sp³-hybridized carbons (Fsp3) is 0.238. The number of nitrogens with one attached hydrogen (secondary N) is 2. The molecule has 0 atom stereocenters. The number of amides is 3. The second-order valence-corrected chi connectivity index (χ2v) is 7.42. The van der Waals surface area contributed by atoms with E-state index >= 15 is 0 Å². The van der Waals surface area contributed by atoms with Gasteiger partial charge in [0.2, 0.25) is 11.8 Å². The third kappa shape index (κ3) is 6.48. The van der Waals surface area contributed by atoms with E-state index in [0.717, 1.165) is 5.56 Å². The Morgan fingerprint density at radius 3 is 2.65 bits per heavy atom. The van der Waals surface area contributed by atoms with Gasteiger partial charge < -0.3 is 14.6 Å². The van der Waals surface area contributed by atoms with Crippen LogP contribution in [0.25, 0.3) is 0 Å². The molecule has 0 saturated heterocycles. The predicted octanol–water partition coefficient (Wildman–Crippen LogP) is 2.83. The van der Waals surface area contributed by atoms with Gasteiger partial charge in [-0.2, -0.15) is 0 Å².